The van der Waals surface area contributed by atoms with Gasteiger partial charge in [-0.3, -0.25) is 0 Å². The largest absolute Gasteiger partial charge is 0.393 e. The Hall–Kier alpha value is -0.830. The maximum Gasteiger partial charge on any atom is 0.133 e. The molecule has 3 nitrogen and oxygen atoms in total. The molecule has 11 heavy (non-hydrogen) atoms. The van der Waals surface area contributed by atoms with E-state index in [4.69, 9.17) is 9.63 Å². The fourth-order valence-corrected chi connectivity index (χ4v) is 0.893. The van der Waals surface area contributed by atoms with Crippen LogP contribution in [0.15, 0.2) is 10.6 Å². The van der Waals surface area contributed by atoms with E-state index in [1.165, 1.54) is 0 Å². The third kappa shape index (κ3) is 2.72. The van der Waals surface area contributed by atoms with Crippen LogP contribution >= 0.6 is 0 Å². The molecular formula is C8H13NO2. The summed E-state index contributed by atoms with van der Waals surface area (Å²) in [7, 11) is 0. The summed E-state index contributed by atoms with van der Waals surface area (Å²) < 4.78 is 4.87. The molecule has 0 aliphatic heterocycles. The van der Waals surface area contributed by atoms with Gasteiger partial charge in [-0.25, -0.2) is 0 Å². The summed E-state index contributed by atoms with van der Waals surface area (Å²) in [5.41, 5.74) is 0.920. The summed E-state index contributed by atoms with van der Waals surface area (Å²) in [6, 6.07) is 1.89. The highest BCUT2D eigenvalue weighted by molar-refractivity contribution is 5.03. The maximum atomic E-state index is 8.96. The Morgan fingerprint density at radius 1 is 1.73 bits per heavy atom. The molecule has 62 valence electrons. The van der Waals surface area contributed by atoms with Gasteiger partial charge in [-0.2, -0.15) is 0 Å². The van der Waals surface area contributed by atoms with E-state index in [1.54, 1.807) is 6.92 Å². The lowest BCUT2D eigenvalue weighted by Gasteiger charge is -1.98. The summed E-state index contributed by atoms with van der Waals surface area (Å²) >= 11 is 0. The molecule has 0 aliphatic rings. The number of nitrogens with zero attached hydrogens (tertiary/aromatic N) is 1. The van der Waals surface area contributed by atoms with E-state index in [2.05, 4.69) is 5.16 Å². The summed E-state index contributed by atoms with van der Waals surface area (Å²) in [6.07, 6.45) is 1.27. The van der Waals surface area contributed by atoms with Crippen molar-refractivity contribution in [1.82, 2.24) is 5.16 Å². The van der Waals surface area contributed by atoms with E-state index in [9.17, 15) is 0 Å². The van der Waals surface area contributed by atoms with Gasteiger partial charge >= 0.3 is 0 Å². The number of aryl methyl sites for hydroxylation is 2. The van der Waals surface area contributed by atoms with Crippen molar-refractivity contribution < 1.29 is 9.63 Å². The van der Waals surface area contributed by atoms with Crippen molar-refractivity contribution in [1.29, 1.82) is 0 Å². The molecule has 0 bridgehead atoms. The Bertz CT molecular complexity index is 218. The summed E-state index contributed by atoms with van der Waals surface area (Å²) in [6.45, 7) is 3.63. The molecule has 1 unspecified atom stereocenters. The average molecular weight is 155 g/mol. The van der Waals surface area contributed by atoms with Crippen LogP contribution in [0.1, 0.15) is 24.8 Å². The first kappa shape index (κ1) is 8.27. The molecule has 0 aliphatic carbocycles. The van der Waals surface area contributed by atoms with Crippen LogP contribution in [0.3, 0.4) is 0 Å². The van der Waals surface area contributed by atoms with Crippen molar-refractivity contribution in [2.45, 2.75) is 32.8 Å². The maximum absolute atomic E-state index is 8.96. The molecule has 0 aromatic carbocycles. The molecule has 1 aromatic heterocycles. The third-order valence-corrected chi connectivity index (χ3v) is 1.50. The van der Waals surface area contributed by atoms with Gasteiger partial charge < -0.3 is 9.63 Å². The van der Waals surface area contributed by atoms with Gasteiger partial charge in [0.25, 0.3) is 0 Å². The number of aliphatic hydroxyl groups is 1. The normalized spacial score (nSPS) is 13.4. The monoisotopic (exact) mass is 155 g/mol. The average Bonchev–Trinajstić information content (AvgIpc) is 2.31. The first-order valence-electron chi connectivity index (χ1n) is 3.79. The summed E-state index contributed by atoms with van der Waals surface area (Å²) in [5.74, 6) is 0.825. The molecule has 1 atom stereocenters. The van der Waals surface area contributed by atoms with E-state index in [1.807, 2.05) is 13.0 Å². The minimum absolute atomic E-state index is 0.257. The van der Waals surface area contributed by atoms with Gasteiger partial charge in [-0.15, -0.1) is 0 Å². The lowest BCUT2D eigenvalue weighted by Crippen LogP contribution is -2.01. The highest BCUT2D eigenvalue weighted by Crippen LogP contribution is 2.05. The van der Waals surface area contributed by atoms with Crippen molar-refractivity contribution in [2.24, 2.45) is 0 Å². The van der Waals surface area contributed by atoms with Crippen LogP contribution in [-0.2, 0) is 6.42 Å². The highest BCUT2D eigenvalue weighted by Gasteiger charge is 2.01. The molecule has 0 amide bonds. The van der Waals surface area contributed by atoms with Crippen molar-refractivity contribution >= 4 is 0 Å². The molecule has 0 fully saturated rings. The topological polar surface area (TPSA) is 46.3 Å². The Kier molecular flexibility index (Phi) is 2.65. The molecule has 0 saturated heterocycles. The second kappa shape index (κ2) is 3.53. The standard InChI is InChI=1S/C8H13NO2/c1-6(10)3-4-8-5-7(2)11-9-8/h5-6,10H,3-4H2,1-2H3. The molecule has 0 spiro atoms. The van der Waals surface area contributed by atoms with Gasteiger partial charge in [-0.1, -0.05) is 5.16 Å². The zero-order valence-electron chi connectivity index (χ0n) is 6.87. The lowest BCUT2D eigenvalue weighted by atomic mass is 10.2. The van der Waals surface area contributed by atoms with Crippen LogP contribution < -0.4 is 0 Å². The van der Waals surface area contributed by atoms with Crippen LogP contribution in [0.2, 0.25) is 0 Å². The van der Waals surface area contributed by atoms with Crippen molar-refractivity contribution in [3.05, 3.63) is 17.5 Å². The minimum Gasteiger partial charge on any atom is -0.393 e. The Labute approximate surface area is 66.0 Å². The molecule has 0 saturated carbocycles. The van der Waals surface area contributed by atoms with Crippen LogP contribution in [0, 0.1) is 6.92 Å². The number of hydrogen-bond acceptors (Lipinski definition) is 3. The Balaban J connectivity index is 2.39. The molecule has 0 radical (unpaired) electrons. The number of aliphatic hydroxyl groups excluding tert-OH is 1. The van der Waals surface area contributed by atoms with Crippen molar-refractivity contribution in [3.63, 3.8) is 0 Å². The highest BCUT2D eigenvalue weighted by atomic mass is 16.5. The van der Waals surface area contributed by atoms with Crippen LogP contribution in [-0.4, -0.2) is 16.4 Å². The number of hydrogen-bond donors (Lipinski definition) is 1. The lowest BCUT2D eigenvalue weighted by molar-refractivity contribution is 0.184. The first-order chi connectivity index (χ1) is 5.18. The van der Waals surface area contributed by atoms with Crippen LogP contribution in [0.5, 0.6) is 0 Å². The summed E-state index contributed by atoms with van der Waals surface area (Å²) in [5, 5.41) is 12.8. The van der Waals surface area contributed by atoms with Crippen molar-refractivity contribution in [2.75, 3.05) is 0 Å². The smallest absolute Gasteiger partial charge is 0.133 e. The molecule has 1 N–H and O–H groups in total. The van der Waals surface area contributed by atoms with Crippen LogP contribution in [0.4, 0.5) is 0 Å². The predicted molar refractivity (Wildman–Crippen MR) is 41.2 cm³/mol. The zero-order valence-corrected chi connectivity index (χ0v) is 6.87. The van der Waals surface area contributed by atoms with Gasteiger partial charge in [0.15, 0.2) is 0 Å². The fraction of sp³-hybridized carbons (Fsp3) is 0.625. The second-order valence-electron chi connectivity index (χ2n) is 2.82. The predicted octanol–water partition coefficient (Wildman–Crippen LogP) is 1.30. The van der Waals surface area contributed by atoms with Gasteiger partial charge in [0.1, 0.15) is 5.76 Å². The number of aromatic nitrogens is 1. The van der Waals surface area contributed by atoms with E-state index >= 15 is 0 Å². The van der Waals surface area contributed by atoms with Crippen LogP contribution in [0.25, 0.3) is 0 Å². The molecule has 3 heteroatoms. The molecule has 1 aromatic rings. The van der Waals surface area contributed by atoms with Gasteiger partial charge in [0.05, 0.1) is 11.8 Å². The summed E-state index contributed by atoms with van der Waals surface area (Å²) in [4.78, 5) is 0. The fourth-order valence-electron chi connectivity index (χ4n) is 0.893. The molecular weight excluding hydrogens is 142 g/mol. The van der Waals surface area contributed by atoms with Gasteiger partial charge in [-0.05, 0) is 26.7 Å². The SMILES string of the molecule is Cc1cc(CCC(C)O)no1. The minimum atomic E-state index is -0.257. The second-order valence-corrected chi connectivity index (χ2v) is 2.82. The van der Waals surface area contributed by atoms with Crippen molar-refractivity contribution in [3.8, 4) is 0 Å². The Morgan fingerprint density at radius 2 is 2.45 bits per heavy atom. The quantitative estimate of drug-likeness (QED) is 0.715. The van der Waals surface area contributed by atoms with E-state index < -0.39 is 0 Å². The molecule has 1 rings (SSSR count). The zero-order chi connectivity index (χ0) is 8.27. The third-order valence-electron chi connectivity index (χ3n) is 1.50. The number of rotatable bonds is 3. The Morgan fingerprint density at radius 3 is 2.91 bits per heavy atom. The van der Waals surface area contributed by atoms with E-state index in [0.29, 0.717) is 0 Å². The van der Waals surface area contributed by atoms with E-state index in [-0.39, 0.29) is 6.10 Å². The first-order valence-corrected chi connectivity index (χ1v) is 3.79. The van der Waals surface area contributed by atoms with Gasteiger partial charge in [0, 0.05) is 6.07 Å². The molecule has 1 heterocycles. The van der Waals surface area contributed by atoms with E-state index in [0.717, 1.165) is 24.3 Å². The van der Waals surface area contributed by atoms with Gasteiger partial charge in [0.2, 0.25) is 0 Å².